The van der Waals surface area contributed by atoms with E-state index in [2.05, 4.69) is 71.5 Å². The van der Waals surface area contributed by atoms with Crippen LogP contribution >= 0.6 is 15.9 Å². The lowest BCUT2D eigenvalue weighted by Gasteiger charge is -2.21. The molecule has 0 aliphatic rings. The molecule has 0 saturated carbocycles. The first-order valence-corrected chi connectivity index (χ1v) is 10.9. The van der Waals surface area contributed by atoms with E-state index in [-0.39, 0.29) is 11.8 Å². The SMILES string of the molecule is Cc1ccc(NC(CC(=O)c2ccc3ccccc3c2)c2ccc(Br)cc2)cc1C. The summed E-state index contributed by atoms with van der Waals surface area (Å²) < 4.78 is 1.03. The van der Waals surface area contributed by atoms with E-state index in [9.17, 15) is 4.79 Å². The Hall–Kier alpha value is -2.91. The highest BCUT2D eigenvalue weighted by molar-refractivity contribution is 9.10. The summed E-state index contributed by atoms with van der Waals surface area (Å²) in [6.45, 7) is 4.21. The molecule has 4 aromatic carbocycles. The molecule has 150 valence electrons. The van der Waals surface area contributed by atoms with Crippen LogP contribution in [0.4, 0.5) is 5.69 Å². The van der Waals surface area contributed by atoms with Crippen LogP contribution < -0.4 is 5.32 Å². The quantitative estimate of drug-likeness (QED) is 0.301. The summed E-state index contributed by atoms with van der Waals surface area (Å²) in [4.78, 5) is 13.2. The van der Waals surface area contributed by atoms with Gasteiger partial charge in [-0.15, -0.1) is 0 Å². The molecule has 0 radical (unpaired) electrons. The van der Waals surface area contributed by atoms with E-state index in [0.717, 1.165) is 32.1 Å². The molecule has 4 aromatic rings. The van der Waals surface area contributed by atoms with Gasteiger partial charge in [0.2, 0.25) is 0 Å². The number of nitrogens with one attached hydrogen (secondary N) is 1. The summed E-state index contributed by atoms with van der Waals surface area (Å²) in [5, 5.41) is 5.82. The standard InChI is InChI=1S/C27H24BrNO/c1-18-7-14-25(15-19(18)2)29-26(21-10-12-24(28)13-11-21)17-27(30)23-9-8-20-5-3-4-6-22(20)16-23/h3-16,26,29H,17H2,1-2H3. The molecule has 4 rings (SSSR count). The van der Waals surface area contributed by atoms with Gasteiger partial charge in [-0.1, -0.05) is 70.5 Å². The molecule has 0 fully saturated rings. The second-order valence-electron chi connectivity index (χ2n) is 7.74. The highest BCUT2D eigenvalue weighted by atomic mass is 79.9. The van der Waals surface area contributed by atoms with Gasteiger partial charge in [0.1, 0.15) is 0 Å². The van der Waals surface area contributed by atoms with Gasteiger partial charge < -0.3 is 5.32 Å². The summed E-state index contributed by atoms with van der Waals surface area (Å²) in [5.74, 6) is 0.130. The number of aryl methyl sites for hydroxylation is 2. The Labute approximate surface area is 186 Å². The minimum Gasteiger partial charge on any atom is -0.378 e. The number of halogens is 1. The van der Waals surface area contributed by atoms with Crippen molar-refractivity contribution in [2.24, 2.45) is 0 Å². The van der Waals surface area contributed by atoms with Crippen LogP contribution in [0, 0.1) is 13.8 Å². The average molecular weight is 458 g/mol. The normalized spacial score (nSPS) is 12.0. The Morgan fingerprint density at radius 3 is 2.30 bits per heavy atom. The van der Waals surface area contributed by atoms with Crippen LogP contribution in [0.1, 0.15) is 39.5 Å². The van der Waals surface area contributed by atoms with Crippen molar-refractivity contribution in [2.45, 2.75) is 26.3 Å². The van der Waals surface area contributed by atoms with Gasteiger partial charge in [0.15, 0.2) is 5.78 Å². The third-order valence-corrected chi connectivity index (χ3v) is 6.11. The number of anilines is 1. The highest BCUT2D eigenvalue weighted by Crippen LogP contribution is 2.27. The molecule has 0 spiro atoms. The van der Waals surface area contributed by atoms with Crippen molar-refractivity contribution in [1.82, 2.24) is 0 Å². The number of carbonyl (C=O) groups is 1. The molecule has 0 aliphatic heterocycles. The van der Waals surface area contributed by atoms with Gasteiger partial charge in [-0.2, -0.15) is 0 Å². The first-order chi connectivity index (χ1) is 14.5. The molecular weight excluding hydrogens is 434 g/mol. The Morgan fingerprint density at radius 1 is 0.833 bits per heavy atom. The molecule has 30 heavy (non-hydrogen) atoms. The van der Waals surface area contributed by atoms with E-state index < -0.39 is 0 Å². The smallest absolute Gasteiger partial charge is 0.165 e. The molecule has 2 nitrogen and oxygen atoms in total. The molecule has 0 aromatic heterocycles. The van der Waals surface area contributed by atoms with E-state index in [1.54, 1.807) is 0 Å². The Kier molecular flexibility index (Phi) is 6.01. The van der Waals surface area contributed by atoms with Gasteiger partial charge in [0, 0.05) is 22.1 Å². The van der Waals surface area contributed by atoms with Crippen LogP contribution in [0.5, 0.6) is 0 Å². The molecule has 0 saturated heterocycles. The summed E-state index contributed by atoms with van der Waals surface area (Å²) >= 11 is 3.50. The molecule has 1 atom stereocenters. The number of fused-ring (bicyclic) bond motifs is 1. The third kappa shape index (κ3) is 4.63. The molecule has 1 N–H and O–H groups in total. The maximum atomic E-state index is 13.2. The first kappa shape index (κ1) is 20.4. The van der Waals surface area contributed by atoms with Crippen LogP contribution in [0.15, 0.2) is 89.4 Å². The number of carbonyl (C=O) groups excluding carboxylic acids is 1. The van der Waals surface area contributed by atoms with E-state index in [1.165, 1.54) is 11.1 Å². The summed E-state index contributed by atoms with van der Waals surface area (Å²) in [6.07, 6.45) is 0.382. The predicted molar refractivity (Wildman–Crippen MR) is 129 cm³/mol. The van der Waals surface area contributed by atoms with Gasteiger partial charge in [-0.25, -0.2) is 0 Å². The Morgan fingerprint density at radius 2 is 1.57 bits per heavy atom. The summed E-state index contributed by atoms with van der Waals surface area (Å²) in [5.41, 5.74) is 5.35. The average Bonchev–Trinajstić information content (AvgIpc) is 2.76. The number of rotatable bonds is 6. The fourth-order valence-electron chi connectivity index (χ4n) is 3.65. The van der Waals surface area contributed by atoms with Gasteiger partial charge in [0.05, 0.1) is 6.04 Å². The van der Waals surface area contributed by atoms with E-state index >= 15 is 0 Å². The molecule has 3 heteroatoms. The van der Waals surface area contributed by atoms with Crippen LogP contribution in [-0.4, -0.2) is 5.78 Å². The van der Waals surface area contributed by atoms with Crippen LogP contribution in [0.2, 0.25) is 0 Å². The van der Waals surface area contributed by atoms with Gasteiger partial charge in [0.25, 0.3) is 0 Å². The third-order valence-electron chi connectivity index (χ3n) is 5.58. The number of ketones is 1. The molecule has 0 aliphatic carbocycles. The Bertz CT molecular complexity index is 1200. The van der Waals surface area contributed by atoms with Crippen molar-refractivity contribution >= 4 is 38.2 Å². The number of hydrogen-bond donors (Lipinski definition) is 1. The summed E-state index contributed by atoms with van der Waals surface area (Å²) in [7, 11) is 0. The lowest BCUT2D eigenvalue weighted by molar-refractivity contribution is 0.0976. The maximum Gasteiger partial charge on any atom is 0.165 e. The topological polar surface area (TPSA) is 29.1 Å². The second-order valence-corrected chi connectivity index (χ2v) is 8.65. The fourth-order valence-corrected chi connectivity index (χ4v) is 3.91. The van der Waals surface area contributed by atoms with Gasteiger partial charge in [-0.05, 0) is 71.6 Å². The van der Waals surface area contributed by atoms with E-state index in [4.69, 9.17) is 0 Å². The predicted octanol–water partition coefficient (Wildman–Crippen LogP) is 7.65. The second kappa shape index (κ2) is 8.85. The lowest BCUT2D eigenvalue weighted by Crippen LogP contribution is -2.16. The zero-order valence-electron chi connectivity index (χ0n) is 17.2. The van der Waals surface area contributed by atoms with E-state index in [1.807, 2.05) is 48.5 Å². The van der Waals surface area contributed by atoms with Gasteiger partial charge in [-0.3, -0.25) is 4.79 Å². The molecular formula is C27H24BrNO. The highest BCUT2D eigenvalue weighted by Gasteiger charge is 2.18. The van der Waals surface area contributed by atoms with Crippen molar-refractivity contribution in [1.29, 1.82) is 0 Å². The largest absolute Gasteiger partial charge is 0.378 e. The molecule has 0 bridgehead atoms. The zero-order chi connectivity index (χ0) is 21.1. The fraction of sp³-hybridized carbons (Fsp3) is 0.148. The van der Waals surface area contributed by atoms with Crippen LogP contribution in [0.3, 0.4) is 0 Å². The summed E-state index contributed by atoms with van der Waals surface area (Å²) in [6, 6.07) is 28.5. The van der Waals surface area contributed by atoms with Gasteiger partial charge >= 0.3 is 0 Å². The number of Topliss-reactive ketones (excluding diaryl/α,β-unsaturated/α-hetero) is 1. The van der Waals surface area contributed by atoms with Crippen molar-refractivity contribution < 1.29 is 4.79 Å². The minimum atomic E-state index is -0.112. The van der Waals surface area contributed by atoms with Crippen molar-refractivity contribution in [3.05, 3.63) is 112 Å². The van der Waals surface area contributed by atoms with E-state index in [0.29, 0.717) is 6.42 Å². The van der Waals surface area contributed by atoms with Crippen molar-refractivity contribution in [3.63, 3.8) is 0 Å². The maximum absolute atomic E-state index is 13.2. The lowest BCUT2D eigenvalue weighted by atomic mass is 9.96. The number of benzene rings is 4. The first-order valence-electron chi connectivity index (χ1n) is 10.1. The van der Waals surface area contributed by atoms with Crippen molar-refractivity contribution in [2.75, 3.05) is 5.32 Å². The monoisotopic (exact) mass is 457 g/mol. The molecule has 1 unspecified atom stereocenters. The molecule has 0 heterocycles. The molecule has 0 amide bonds. The zero-order valence-corrected chi connectivity index (χ0v) is 18.7. The minimum absolute atomic E-state index is 0.112. The number of hydrogen-bond acceptors (Lipinski definition) is 2. The Balaban J connectivity index is 1.63. The van der Waals surface area contributed by atoms with Crippen molar-refractivity contribution in [3.8, 4) is 0 Å². The van der Waals surface area contributed by atoms with Crippen LogP contribution in [-0.2, 0) is 0 Å². The van der Waals surface area contributed by atoms with Crippen LogP contribution in [0.25, 0.3) is 10.8 Å².